The van der Waals surface area contributed by atoms with E-state index < -0.39 is 0 Å². The summed E-state index contributed by atoms with van der Waals surface area (Å²) in [5, 5.41) is 0. The van der Waals surface area contributed by atoms with Crippen LogP contribution in [0.15, 0.2) is 30.7 Å². The summed E-state index contributed by atoms with van der Waals surface area (Å²) >= 11 is 0. The van der Waals surface area contributed by atoms with Crippen molar-refractivity contribution < 1.29 is 4.79 Å². The van der Waals surface area contributed by atoms with E-state index in [1.165, 1.54) is 6.42 Å². The van der Waals surface area contributed by atoms with Crippen molar-refractivity contribution in [3.63, 3.8) is 0 Å². The van der Waals surface area contributed by atoms with Crippen molar-refractivity contribution >= 4 is 17.8 Å². The molecule has 8 nitrogen and oxygen atoms in total. The summed E-state index contributed by atoms with van der Waals surface area (Å²) in [7, 11) is 0. The molecule has 8 heteroatoms. The highest BCUT2D eigenvalue weighted by molar-refractivity contribution is 5.92. The molecule has 4 rings (SSSR count). The van der Waals surface area contributed by atoms with E-state index in [2.05, 4.69) is 36.7 Å². The smallest absolute Gasteiger partial charge is 0.272 e. The first-order valence-corrected chi connectivity index (χ1v) is 9.60. The van der Waals surface area contributed by atoms with Crippen LogP contribution in [0, 0.1) is 5.92 Å². The zero-order chi connectivity index (χ0) is 18.6. The van der Waals surface area contributed by atoms with Crippen LogP contribution in [0.1, 0.15) is 30.3 Å². The summed E-state index contributed by atoms with van der Waals surface area (Å²) < 4.78 is 0. The molecule has 2 saturated heterocycles. The first kappa shape index (κ1) is 17.6. The fourth-order valence-corrected chi connectivity index (χ4v) is 3.72. The Morgan fingerprint density at radius 1 is 0.963 bits per heavy atom. The summed E-state index contributed by atoms with van der Waals surface area (Å²) in [5.74, 6) is 1.94. The predicted octanol–water partition coefficient (Wildman–Crippen LogP) is 1.47. The molecular weight excluding hydrogens is 342 g/mol. The zero-order valence-electron chi connectivity index (χ0n) is 15.7. The van der Waals surface area contributed by atoms with Gasteiger partial charge in [0.2, 0.25) is 11.9 Å². The average Bonchev–Trinajstić information content (AvgIpc) is 2.74. The molecule has 2 aromatic rings. The van der Waals surface area contributed by atoms with Crippen molar-refractivity contribution in [2.75, 3.05) is 49.1 Å². The largest absolute Gasteiger partial charge is 0.337 e. The number of hydrogen-bond acceptors (Lipinski definition) is 7. The highest BCUT2D eigenvalue weighted by Gasteiger charge is 2.25. The topological polar surface area (TPSA) is 78.4 Å². The van der Waals surface area contributed by atoms with Crippen LogP contribution < -0.4 is 9.80 Å². The highest BCUT2D eigenvalue weighted by atomic mass is 16.2. The van der Waals surface area contributed by atoms with Gasteiger partial charge in [0.05, 0.1) is 0 Å². The molecule has 0 saturated carbocycles. The molecule has 2 aliphatic rings. The SMILES string of the molecule is CC1CCCN(C(=O)c2ccnc(N3CCN(c4ncccn4)CC3)n2)C1. The van der Waals surface area contributed by atoms with Gasteiger partial charge in [-0.25, -0.2) is 19.9 Å². The number of likely N-dealkylation sites (tertiary alicyclic amines) is 1. The van der Waals surface area contributed by atoms with Crippen molar-refractivity contribution in [3.05, 3.63) is 36.4 Å². The molecule has 2 fully saturated rings. The van der Waals surface area contributed by atoms with Crippen molar-refractivity contribution in [2.24, 2.45) is 5.92 Å². The van der Waals surface area contributed by atoms with Crippen LogP contribution >= 0.6 is 0 Å². The van der Waals surface area contributed by atoms with Crippen LogP contribution in [0.25, 0.3) is 0 Å². The second-order valence-corrected chi connectivity index (χ2v) is 7.26. The number of aromatic nitrogens is 4. The minimum Gasteiger partial charge on any atom is -0.337 e. The number of nitrogens with zero attached hydrogens (tertiary/aromatic N) is 7. The number of piperazine rings is 1. The van der Waals surface area contributed by atoms with Crippen LogP contribution in [0.3, 0.4) is 0 Å². The monoisotopic (exact) mass is 367 g/mol. The number of piperidine rings is 1. The standard InChI is InChI=1S/C19H25N7O/c1-15-4-2-9-26(14-15)17(27)16-5-8-22-19(23-16)25-12-10-24(11-13-25)18-20-6-3-7-21-18/h3,5-8,15H,2,4,9-14H2,1H3. The molecule has 0 aromatic carbocycles. The summed E-state index contributed by atoms with van der Waals surface area (Å²) in [6.07, 6.45) is 7.46. The lowest BCUT2D eigenvalue weighted by Crippen LogP contribution is -2.48. The summed E-state index contributed by atoms with van der Waals surface area (Å²) in [5.41, 5.74) is 0.489. The Kier molecular flexibility index (Phi) is 5.13. The Bertz CT molecular complexity index is 777. The van der Waals surface area contributed by atoms with Gasteiger partial charge >= 0.3 is 0 Å². The quantitative estimate of drug-likeness (QED) is 0.813. The zero-order valence-corrected chi connectivity index (χ0v) is 15.7. The lowest BCUT2D eigenvalue weighted by atomic mass is 10.00. The number of amides is 1. The number of carbonyl (C=O) groups is 1. The molecule has 1 amide bonds. The van der Waals surface area contributed by atoms with E-state index in [1.807, 2.05) is 11.0 Å². The lowest BCUT2D eigenvalue weighted by molar-refractivity contribution is 0.0677. The van der Waals surface area contributed by atoms with Crippen LogP contribution in [0.4, 0.5) is 11.9 Å². The number of anilines is 2. The molecule has 0 aliphatic carbocycles. The average molecular weight is 367 g/mol. The number of hydrogen-bond donors (Lipinski definition) is 0. The predicted molar refractivity (Wildman–Crippen MR) is 103 cm³/mol. The van der Waals surface area contributed by atoms with E-state index in [9.17, 15) is 4.79 Å². The third-order valence-electron chi connectivity index (χ3n) is 5.20. The molecular formula is C19H25N7O. The van der Waals surface area contributed by atoms with E-state index in [1.54, 1.807) is 24.7 Å². The van der Waals surface area contributed by atoms with E-state index in [4.69, 9.17) is 0 Å². The molecule has 1 unspecified atom stereocenters. The summed E-state index contributed by atoms with van der Waals surface area (Å²) in [6, 6.07) is 3.54. The van der Waals surface area contributed by atoms with Gasteiger partial charge in [0.1, 0.15) is 5.69 Å². The summed E-state index contributed by atoms with van der Waals surface area (Å²) in [4.78, 5) is 36.6. The Morgan fingerprint density at radius 2 is 1.63 bits per heavy atom. The molecule has 0 radical (unpaired) electrons. The maximum atomic E-state index is 12.8. The van der Waals surface area contributed by atoms with E-state index >= 15 is 0 Å². The molecule has 4 heterocycles. The lowest BCUT2D eigenvalue weighted by Gasteiger charge is -2.35. The molecule has 2 aliphatic heterocycles. The van der Waals surface area contributed by atoms with E-state index in [0.717, 1.165) is 51.6 Å². The van der Waals surface area contributed by atoms with Gasteiger partial charge < -0.3 is 14.7 Å². The molecule has 1 atom stereocenters. The van der Waals surface area contributed by atoms with Crippen LogP contribution in [-0.2, 0) is 0 Å². The van der Waals surface area contributed by atoms with Crippen LogP contribution in [0.2, 0.25) is 0 Å². The summed E-state index contributed by atoms with van der Waals surface area (Å²) in [6.45, 7) is 6.98. The Morgan fingerprint density at radius 3 is 2.33 bits per heavy atom. The second kappa shape index (κ2) is 7.85. The number of rotatable bonds is 3. The maximum absolute atomic E-state index is 12.8. The third kappa shape index (κ3) is 3.99. The van der Waals surface area contributed by atoms with Crippen molar-refractivity contribution in [1.29, 1.82) is 0 Å². The first-order valence-electron chi connectivity index (χ1n) is 9.60. The minimum atomic E-state index is 0.0153. The minimum absolute atomic E-state index is 0.0153. The van der Waals surface area contributed by atoms with Gasteiger partial charge in [0.15, 0.2) is 0 Å². The second-order valence-electron chi connectivity index (χ2n) is 7.26. The molecule has 0 bridgehead atoms. The highest BCUT2D eigenvalue weighted by Crippen LogP contribution is 2.19. The van der Waals surface area contributed by atoms with Gasteiger partial charge in [0, 0.05) is 57.9 Å². The number of carbonyl (C=O) groups excluding carboxylic acids is 1. The van der Waals surface area contributed by atoms with Gasteiger partial charge in [0.25, 0.3) is 5.91 Å². The Balaban J connectivity index is 1.42. The molecule has 2 aromatic heterocycles. The van der Waals surface area contributed by atoms with Gasteiger partial charge in [-0.15, -0.1) is 0 Å². The molecule has 27 heavy (non-hydrogen) atoms. The fraction of sp³-hybridized carbons (Fsp3) is 0.526. The Labute approximate surface area is 159 Å². The van der Waals surface area contributed by atoms with Gasteiger partial charge in [-0.1, -0.05) is 6.92 Å². The van der Waals surface area contributed by atoms with Gasteiger partial charge in [-0.3, -0.25) is 4.79 Å². The third-order valence-corrected chi connectivity index (χ3v) is 5.20. The first-order chi connectivity index (χ1) is 13.2. The molecule has 0 spiro atoms. The molecule has 142 valence electrons. The van der Waals surface area contributed by atoms with Gasteiger partial charge in [-0.2, -0.15) is 0 Å². The molecule has 0 N–H and O–H groups in total. The van der Waals surface area contributed by atoms with Gasteiger partial charge in [-0.05, 0) is 30.9 Å². The van der Waals surface area contributed by atoms with Crippen LogP contribution in [0.5, 0.6) is 0 Å². The van der Waals surface area contributed by atoms with E-state index in [0.29, 0.717) is 17.6 Å². The van der Waals surface area contributed by atoms with Crippen LogP contribution in [-0.4, -0.2) is 70.0 Å². The van der Waals surface area contributed by atoms with Crippen molar-refractivity contribution in [1.82, 2.24) is 24.8 Å². The van der Waals surface area contributed by atoms with Crippen molar-refractivity contribution in [3.8, 4) is 0 Å². The van der Waals surface area contributed by atoms with E-state index in [-0.39, 0.29) is 5.91 Å². The van der Waals surface area contributed by atoms with Crippen molar-refractivity contribution in [2.45, 2.75) is 19.8 Å². The fourth-order valence-electron chi connectivity index (χ4n) is 3.72. The normalized spacial score (nSPS) is 20.6. The Hall–Kier alpha value is -2.77. The maximum Gasteiger partial charge on any atom is 0.272 e.